The number of benzene rings is 1. The number of rotatable bonds is 1. The minimum absolute atomic E-state index is 0. The Hall–Kier alpha value is -1.59. The van der Waals surface area contributed by atoms with E-state index in [4.69, 9.17) is 0 Å². The Bertz CT molecular complexity index is 541. The van der Waals surface area contributed by atoms with E-state index in [1.807, 2.05) is 31.2 Å². The van der Waals surface area contributed by atoms with E-state index in [0.717, 1.165) is 24.3 Å². The fourth-order valence-corrected chi connectivity index (χ4v) is 3.01. The van der Waals surface area contributed by atoms with Gasteiger partial charge in [0.25, 0.3) is 5.91 Å². The molecule has 2 heterocycles. The lowest BCUT2D eigenvalue weighted by Crippen LogP contribution is -2.56. The third kappa shape index (κ3) is 2.07. The van der Waals surface area contributed by atoms with Crippen LogP contribution in [0.15, 0.2) is 24.3 Å². The fraction of sp³-hybridized carbons (Fsp3) is 0.429. The van der Waals surface area contributed by atoms with E-state index in [0.29, 0.717) is 12.8 Å². The Morgan fingerprint density at radius 2 is 1.80 bits per heavy atom. The van der Waals surface area contributed by atoms with Gasteiger partial charge in [-0.25, -0.2) is 4.79 Å². The third-order valence-electron chi connectivity index (χ3n) is 4.06. The molecular weight excluding hydrogens is 278 g/mol. The maximum absolute atomic E-state index is 12.3. The molecule has 1 aromatic rings. The molecule has 108 valence electrons. The van der Waals surface area contributed by atoms with Gasteiger partial charge in [0, 0.05) is 5.69 Å². The van der Waals surface area contributed by atoms with Crippen LogP contribution in [0, 0.1) is 6.92 Å². The number of halogens is 1. The van der Waals surface area contributed by atoms with Gasteiger partial charge in [-0.3, -0.25) is 15.0 Å². The summed E-state index contributed by atoms with van der Waals surface area (Å²) in [5.74, 6) is -0.165. The van der Waals surface area contributed by atoms with Crippen LogP contribution in [-0.4, -0.2) is 30.6 Å². The number of para-hydroxylation sites is 1. The number of carbonyl (C=O) groups excluding carboxylic acids is 2. The molecular formula is C14H18ClN3O2. The molecule has 0 atom stereocenters. The summed E-state index contributed by atoms with van der Waals surface area (Å²) in [6, 6.07) is 7.38. The summed E-state index contributed by atoms with van der Waals surface area (Å²) in [5.41, 5.74) is 1.12. The normalized spacial score (nSPS) is 20.8. The van der Waals surface area contributed by atoms with Crippen LogP contribution in [0.1, 0.15) is 18.4 Å². The van der Waals surface area contributed by atoms with Crippen molar-refractivity contribution in [1.29, 1.82) is 0 Å². The molecule has 0 aliphatic carbocycles. The molecule has 0 bridgehead atoms. The van der Waals surface area contributed by atoms with Crippen LogP contribution in [0.3, 0.4) is 0 Å². The molecule has 2 N–H and O–H groups in total. The summed E-state index contributed by atoms with van der Waals surface area (Å²) in [7, 11) is 0. The van der Waals surface area contributed by atoms with Gasteiger partial charge < -0.3 is 5.32 Å². The van der Waals surface area contributed by atoms with E-state index in [9.17, 15) is 9.59 Å². The van der Waals surface area contributed by atoms with Crippen molar-refractivity contribution in [2.45, 2.75) is 25.3 Å². The molecule has 0 saturated carbocycles. The number of nitrogens with one attached hydrogen (secondary N) is 2. The van der Waals surface area contributed by atoms with Crippen LogP contribution in [0.2, 0.25) is 0 Å². The van der Waals surface area contributed by atoms with Gasteiger partial charge in [0.15, 0.2) is 0 Å². The van der Waals surface area contributed by atoms with Gasteiger partial charge in [0.1, 0.15) is 5.54 Å². The summed E-state index contributed by atoms with van der Waals surface area (Å²) in [6.45, 7) is 3.46. The number of piperidine rings is 1. The number of urea groups is 1. The van der Waals surface area contributed by atoms with E-state index in [2.05, 4.69) is 10.6 Å². The van der Waals surface area contributed by atoms with Crippen molar-refractivity contribution in [2.75, 3.05) is 18.0 Å². The molecule has 2 aliphatic rings. The first-order valence-electron chi connectivity index (χ1n) is 6.57. The molecule has 2 saturated heterocycles. The highest BCUT2D eigenvalue weighted by Gasteiger charge is 2.53. The minimum atomic E-state index is -0.714. The average molecular weight is 296 g/mol. The first-order chi connectivity index (χ1) is 9.15. The van der Waals surface area contributed by atoms with Gasteiger partial charge in [-0.15, -0.1) is 12.4 Å². The molecule has 5 nitrogen and oxygen atoms in total. The number of hydrogen-bond acceptors (Lipinski definition) is 3. The lowest BCUT2D eigenvalue weighted by Gasteiger charge is -2.39. The van der Waals surface area contributed by atoms with E-state index in [1.165, 1.54) is 0 Å². The van der Waals surface area contributed by atoms with Crippen molar-refractivity contribution in [3.63, 3.8) is 0 Å². The van der Waals surface area contributed by atoms with E-state index < -0.39 is 5.54 Å². The van der Waals surface area contributed by atoms with Crippen LogP contribution in [0.25, 0.3) is 0 Å². The predicted molar refractivity (Wildman–Crippen MR) is 79.3 cm³/mol. The van der Waals surface area contributed by atoms with Gasteiger partial charge >= 0.3 is 6.03 Å². The van der Waals surface area contributed by atoms with E-state index in [1.54, 1.807) is 4.90 Å². The number of carbonyl (C=O) groups is 2. The summed E-state index contributed by atoms with van der Waals surface area (Å²) < 4.78 is 0. The number of aryl methyl sites for hydroxylation is 1. The van der Waals surface area contributed by atoms with Crippen LogP contribution in [0.5, 0.6) is 0 Å². The zero-order valence-electron chi connectivity index (χ0n) is 11.3. The fourth-order valence-electron chi connectivity index (χ4n) is 3.01. The monoisotopic (exact) mass is 295 g/mol. The maximum Gasteiger partial charge on any atom is 0.329 e. The second-order valence-electron chi connectivity index (χ2n) is 5.16. The Kier molecular flexibility index (Phi) is 4.01. The van der Waals surface area contributed by atoms with Crippen molar-refractivity contribution in [2.24, 2.45) is 0 Å². The number of imide groups is 1. The van der Waals surface area contributed by atoms with Crippen molar-refractivity contribution in [3.8, 4) is 0 Å². The first-order valence-corrected chi connectivity index (χ1v) is 6.57. The van der Waals surface area contributed by atoms with Gasteiger partial charge in [-0.2, -0.15) is 0 Å². The Balaban J connectivity index is 0.00000147. The highest BCUT2D eigenvalue weighted by molar-refractivity contribution is 6.17. The smallest absolute Gasteiger partial charge is 0.317 e. The largest absolute Gasteiger partial charge is 0.329 e. The van der Waals surface area contributed by atoms with E-state index in [-0.39, 0.29) is 24.3 Å². The second kappa shape index (κ2) is 5.42. The topological polar surface area (TPSA) is 61.4 Å². The van der Waals surface area contributed by atoms with Crippen molar-refractivity contribution in [3.05, 3.63) is 29.8 Å². The predicted octanol–water partition coefficient (Wildman–Crippen LogP) is 1.60. The molecule has 0 aromatic heterocycles. The van der Waals surface area contributed by atoms with Gasteiger partial charge in [-0.05, 0) is 44.5 Å². The molecule has 1 spiro atoms. The average Bonchev–Trinajstić information content (AvgIpc) is 2.63. The van der Waals surface area contributed by atoms with Crippen molar-refractivity contribution < 1.29 is 9.59 Å². The van der Waals surface area contributed by atoms with Gasteiger partial charge in [0.05, 0.1) is 0 Å². The number of nitrogens with zero attached hydrogens (tertiary/aromatic N) is 1. The number of hydrogen-bond donors (Lipinski definition) is 2. The standard InChI is InChI=1S/C14H17N3O2.ClH/c1-10-4-2-3-5-11(10)17-13(19)16-12(18)14(17)6-8-15-9-7-14;/h2-5,15H,6-9H2,1H3,(H,16,18,19);1H. The minimum Gasteiger partial charge on any atom is -0.317 e. The highest BCUT2D eigenvalue weighted by Crippen LogP contribution is 2.36. The maximum atomic E-state index is 12.3. The molecule has 3 amide bonds. The first kappa shape index (κ1) is 14.8. The molecule has 6 heteroatoms. The Morgan fingerprint density at radius 3 is 2.45 bits per heavy atom. The van der Waals surface area contributed by atoms with Crippen LogP contribution < -0.4 is 15.5 Å². The SMILES string of the molecule is Cc1ccccc1N1C(=O)NC(=O)C12CCNCC2.Cl. The number of amides is 3. The van der Waals surface area contributed by atoms with Crippen LogP contribution in [-0.2, 0) is 4.79 Å². The van der Waals surface area contributed by atoms with Crippen molar-refractivity contribution in [1.82, 2.24) is 10.6 Å². The van der Waals surface area contributed by atoms with Gasteiger partial charge in [-0.1, -0.05) is 18.2 Å². The van der Waals surface area contributed by atoms with Crippen molar-refractivity contribution >= 4 is 30.0 Å². The summed E-state index contributed by atoms with van der Waals surface area (Å²) in [6.07, 6.45) is 1.30. The lowest BCUT2D eigenvalue weighted by atomic mass is 9.86. The number of anilines is 1. The summed E-state index contributed by atoms with van der Waals surface area (Å²) >= 11 is 0. The summed E-state index contributed by atoms with van der Waals surface area (Å²) in [4.78, 5) is 26.1. The summed E-state index contributed by atoms with van der Waals surface area (Å²) in [5, 5.41) is 5.71. The van der Waals surface area contributed by atoms with Gasteiger partial charge in [0.2, 0.25) is 0 Å². The molecule has 20 heavy (non-hydrogen) atoms. The van der Waals surface area contributed by atoms with Crippen LogP contribution >= 0.6 is 12.4 Å². The van der Waals surface area contributed by atoms with E-state index >= 15 is 0 Å². The molecule has 0 radical (unpaired) electrons. The Labute approximate surface area is 124 Å². The zero-order valence-corrected chi connectivity index (χ0v) is 12.1. The highest BCUT2D eigenvalue weighted by atomic mass is 35.5. The quantitative estimate of drug-likeness (QED) is 0.774. The molecule has 2 fully saturated rings. The molecule has 3 rings (SSSR count). The Morgan fingerprint density at radius 1 is 1.15 bits per heavy atom. The zero-order chi connectivity index (χ0) is 13.5. The third-order valence-corrected chi connectivity index (χ3v) is 4.06. The molecule has 2 aliphatic heterocycles. The van der Waals surface area contributed by atoms with Crippen LogP contribution in [0.4, 0.5) is 10.5 Å². The molecule has 1 aromatic carbocycles. The molecule has 0 unspecified atom stereocenters. The lowest BCUT2D eigenvalue weighted by molar-refractivity contribution is -0.124. The second-order valence-corrected chi connectivity index (χ2v) is 5.16.